The van der Waals surface area contributed by atoms with E-state index >= 15 is 0 Å². The Hall–Kier alpha value is -6.48. The Morgan fingerprint density at radius 1 is 0.314 bits per heavy atom. The second-order valence-electron chi connectivity index (χ2n) is 13.9. The molecule has 0 fully saturated rings. The maximum Gasteiger partial charge on any atom is 0.127 e. The molecule has 0 bridgehead atoms. The van der Waals surface area contributed by atoms with Crippen LogP contribution in [0.2, 0.25) is 0 Å². The molecule has 3 aliphatic carbocycles. The van der Waals surface area contributed by atoms with Crippen molar-refractivity contribution in [2.24, 2.45) is 0 Å². The highest BCUT2D eigenvalue weighted by Gasteiger charge is 2.57. The maximum atomic E-state index is 12.0. The van der Waals surface area contributed by atoms with E-state index in [1.165, 1.54) is 18.2 Å². The van der Waals surface area contributed by atoms with Crippen LogP contribution in [-0.4, -0.2) is 46.0 Å². The molecule has 0 saturated carbocycles. The van der Waals surface area contributed by atoms with E-state index in [9.17, 15) is 46.0 Å². The summed E-state index contributed by atoms with van der Waals surface area (Å²) in [6, 6.07) is 26.8. The Bertz CT molecular complexity index is 2400. The fraction of sp³-hybridized carbons (Fsp3) is 0.143. The van der Waals surface area contributed by atoms with Gasteiger partial charge < -0.3 is 46.0 Å². The molecule has 0 radical (unpaired) electrons. The van der Waals surface area contributed by atoms with Crippen LogP contribution in [0.1, 0.15) is 80.0 Å². The van der Waals surface area contributed by atoms with Gasteiger partial charge in [-0.15, -0.1) is 0 Å². The Balaban J connectivity index is 1.48. The highest BCUT2D eigenvalue weighted by atomic mass is 16.3. The van der Waals surface area contributed by atoms with Crippen LogP contribution in [0, 0.1) is 0 Å². The molecule has 6 aromatic carbocycles. The van der Waals surface area contributed by atoms with Gasteiger partial charge in [-0.3, -0.25) is 0 Å². The van der Waals surface area contributed by atoms with Crippen LogP contribution in [0.3, 0.4) is 0 Å². The van der Waals surface area contributed by atoms with Crippen LogP contribution in [-0.2, 0) is 0 Å². The van der Waals surface area contributed by atoms with Gasteiger partial charge in [-0.05, 0) is 105 Å². The van der Waals surface area contributed by atoms with Gasteiger partial charge in [-0.25, -0.2) is 0 Å². The smallest absolute Gasteiger partial charge is 0.127 e. The third kappa shape index (κ3) is 4.40. The summed E-state index contributed by atoms with van der Waals surface area (Å²) in [5.41, 5.74) is 5.83. The van der Waals surface area contributed by atoms with E-state index in [1.54, 1.807) is 84.9 Å². The summed E-state index contributed by atoms with van der Waals surface area (Å²) in [4.78, 5) is 0. The summed E-state index contributed by atoms with van der Waals surface area (Å²) in [5.74, 6) is -4.77. The molecule has 0 unspecified atom stereocenters. The average Bonchev–Trinajstić information content (AvgIpc) is 3.34. The van der Waals surface area contributed by atoms with Crippen molar-refractivity contribution in [3.05, 3.63) is 148 Å². The van der Waals surface area contributed by atoms with Gasteiger partial charge in [0.05, 0.1) is 0 Å². The minimum absolute atomic E-state index is 0.0309. The molecule has 6 atom stereocenters. The van der Waals surface area contributed by atoms with Crippen LogP contribution in [0.4, 0.5) is 0 Å². The molecular formula is C42H32O9. The number of hydrogen-bond donors (Lipinski definition) is 9. The lowest BCUT2D eigenvalue weighted by Crippen LogP contribution is -2.27. The van der Waals surface area contributed by atoms with Crippen LogP contribution < -0.4 is 0 Å². The van der Waals surface area contributed by atoms with Crippen molar-refractivity contribution in [3.8, 4) is 62.9 Å². The predicted molar refractivity (Wildman–Crippen MR) is 187 cm³/mol. The fourth-order valence-electron chi connectivity index (χ4n) is 9.61. The molecule has 9 rings (SSSR count). The molecule has 0 heterocycles. The normalized spacial score (nSPS) is 22.4. The first-order chi connectivity index (χ1) is 24.5. The zero-order valence-corrected chi connectivity index (χ0v) is 26.8. The van der Waals surface area contributed by atoms with E-state index in [1.807, 2.05) is 0 Å². The molecule has 3 aliphatic rings. The van der Waals surface area contributed by atoms with Gasteiger partial charge in [0, 0.05) is 58.6 Å². The Morgan fingerprint density at radius 3 is 1.25 bits per heavy atom. The van der Waals surface area contributed by atoms with Crippen molar-refractivity contribution in [1.29, 1.82) is 0 Å². The number of fused-ring (bicyclic) bond motifs is 12. The number of phenolic OH excluding ortho intramolecular Hbond substituents is 9. The molecule has 6 aromatic rings. The lowest BCUT2D eigenvalue weighted by molar-refractivity contribution is 0.388. The Morgan fingerprint density at radius 2 is 0.725 bits per heavy atom. The van der Waals surface area contributed by atoms with Gasteiger partial charge in [0.1, 0.15) is 51.7 Å². The third-order valence-corrected chi connectivity index (χ3v) is 11.2. The number of rotatable bonds is 2. The maximum absolute atomic E-state index is 12.0. The zero-order chi connectivity index (χ0) is 35.5. The summed E-state index contributed by atoms with van der Waals surface area (Å²) in [6.45, 7) is 0. The molecule has 0 aliphatic heterocycles. The predicted octanol–water partition coefficient (Wildman–Crippen LogP) is 7.74. The molecule has 0 saturated heterocycles. The molecule has 9 nitrogen and oxygen atoms in total. The van der Waals surface area contributed by atoms with Crippen molar-refractivity contribution in [1.82, 2.24) is 0 Å². The van der Waals surface area contributed by atoms with E-state index in [2.05, 4.69) is 0 Å². The van der Waals surface area contributed by atoms with Crippen LogP contribution in [0.15, 0.2) is 103 Å². The van der Waals surface area contributed by atoms with Crippen molar-refractivity contribution < 1.29 is 46.0 Å². The van der Waals surface area contributed by atoms with E-state index in [0.717, 1.165) is 11.1 Å². The Kier molecular flexibility index (Phi) is 6.45. The molecule has 254 valence electrons. The molecular weight excluding hydrogens is 648 g/mol. The SMILES string of the molecule is Oc1ccc([C@@H]2c3c(O)cc(O)cc3[C@H]3[C@H](c4ccc(O)cc4)c4c(O)cc(O)cc4[C@@H]3[C@@H]3c4ccc(O)cc4-c4c(O)cc(O)cc4[C@H]23)cc1. The van der Waals surface area contributed by atoms with E-state index in [4.69, 9.17) is 0 Å². The van der Waals surface area contributed by atoms with E-state index < -0.39 is 35.5 Å². The lowest BCUT2D eigenvalue weighted by Gasteiger charge is -2.43. The first-order valence-corrected chi connectivity index (χ1v) is 16.6. The monoisotopic (exact) mass is 680 g/mol. The third-order valence-electron chi connectivity index (χ3n) is 11.2. The molecule has 0 spiro atoms. The van der Waals surface area contributed by atoms with Gasteiger partial charge in [-0.1, -0.05) is 30.3 Å². The summed E-state index contributed by atoms with van der Waals surface area (Å²) in [6.07, 6.45) is 0. The summed E-state index contributed by atoms with van der Waals surface area (Å²) in [7, 11) is 0. The summed E-state index contributed by atoms with van der Waals surface area (Å²) >= 11 is 0. The van der Waals surface area contributed by atoms with Gasteiger partial charge in [0.2, 0.25) is 0 Å². The largest absolute Gasteiger partial charge is 0.508 e. The second-order valence-corrected chi connectivity index (χ2v) is 13.9. The van der Waals surface area contributed by atoms with Crippen molar-refractivity contribution in [2.75, 3.05) is 0 Å². The number of aromatic hydroxyl groups is 9. The van der Waals surface area contributed by atoms with Crippen molar-refractivity contribution >= 4 is 0 Å². The molecule has 9 N–H and O–H groups in total. The van der Waals surface area contributed by atoms with Gasteiger partial charge >= 0.3 is 0 Å². The minimum atomic E-state index is -0.700. The zero-order valence-electron chi connectivity index (χ0n) is 26.8. The first-order valence-electron chi connectivity index (χ1n) is 16.6. The number of hydrogen-bond acceptors (Lipinski definition) is 9. The van der Waals surface area contributed by atoms with Gasteiger partial charge in [0.15, 0.2) is 0 Å². The van der Waals surface area contributed by atoms with E-state index in [-0.39, 0.29) is 51.7 Å². The lowest BCUT2D eigenvalue weighted by atomic mass is 9.60. The number of benzene rings is 6. The Labute approximate surface area is 291 Å². The van der Waals surface area contributed by atoms with Crippen molar-refractivity contribution in [2.45, 2.75) is 35.5 Å². The van der Waals surface area contributed by atoms with Crippen LogP contribution >= 0.6 is 0 Å². The van der Waals surface area contributed by atoms with Crippen LogP contribution in [0.5, 0.6) is 51.7 Å². The topological polar surface area (TPSA) is 182 Å². The highest BCUT2D eigenvalue weighted by molar-refractivity contribution is 5.84. The average molecular weight is 681 g/mol. The van der Waals surface area contributed by atoms with Gasteiger partial charge in [-0.2, -0.15) is 0 Å². The summed E-state index contributed by atoms with van der Waals surface area (Å²) in [5, 5.41) is 99.8. The van der Waals surface area contributed by atoms with Crippen molar-refractivity contribution in [3.63, 3.8) is 0 Å². The first kappa shape index (κ1) is 30.6. The standard InChI is InChI=1S/C42H32O9/c43-20-5-1-18(2-6-20)34-37-29(13-24(47)16-32(37)50)41-35(19-3-7-21(44)8-4-19)38-30(14-25(48)17-33(38)51)42(41)39-26-10-9-22(45)11-27(26)36-28(40(34)39)12-23(46)15-31(36)49/h1-17,34-35,39-51H/t34-,35-,39-,40-,41+,42-/m1/s1. The second kappa shape index (κ2) is 10.8. The van der Waals surface area contributed by atoms with Gasteiger partial charge in [0.25, 0.3) is 0 Å². The number of phenols is 9. The molecule has 0 amide bonds. The van der Waals surface area contributed by atoms with Crippen LogP contribution in [0.25, 0.3) is 11.1 Å². The highest BCUT2D eigenvalue weighted by Crippen LogP contribution is 2.72. The fourth-order valence-corrected chi connectivity index (χ4v) is 9.61. The molecule has 9 heteroatoms. The summed E-state index contributed by atoms with van der Waals surface area (Å²) < 4.78 is 0. The quantitative estimate of drug-likeness (QED) is 0.0883. The molecule has 0 aromatic heterocycles. The molecule has 51 heavy (non-hydrogen) atoms. The minimum Gasteiger partial charge on any atom is -0.508 e. The van der Waals surface area contributed by atoms with E-state index in [0.29, 0.717) is 44.5 Å².